The summed E-state index contributed by atoms with van der Waals surface area (Å²) in [4.78, 5) is 11.8. The number of amides is 1. The van der Waals surface area contributed by atoms with Gasteiger partial charge in [-0.15, -0.1) is 0 Å². The molecule has 0 radical (unpaired) electrons. The third-order valence-electron chi connectivity index (χ3n) is 2.88. The van der Waals surface area contributed by atoms with E-state index in [1.165, 1.54) is 0 Å². The van der Waals surface area contributed by atoms with E-state index in [9.17, 15) is 18.0 Å². The average Bonchev–Trinajstić information content (AvgIpc) is 2.44. The normalized spacial score (nSPS) is 11.2. The molecule has 0 saturated carbocycles. The molecule has 0 heterocycles. The lowest BCUT2D eigenvalue weighted by Crippen LogP contribution is -2.22. The van der Waals surface area contributed by atoms with Crippen molar-refractivity contribution in [3.05, 3.63) is 65.2 Å². The fourth-order valence-corrected chi connectivity index (χ4v) is 1.80. The third-order valence-corrected chi connectivity index (χ3v) is 2.88. The Morgan fingerprint density at radius 2 is 1.76 bits per heavy atom. The molecule has 0 atom stereocenters. The summed E-state index contributed by atoms with van der Waals surface area (Å²) in [7, 11) is 0. The zero-order valence-electron chi connectivity index (χ0n) is 10.9. The first-order valence-electron chi connectivity index (χ1n) is 6.16. The number of alkyl halides is 3. The number of nitrogen functional groups attached to an aromatic ring is 1. The number of carbonyl (C=O) groups excluding carboxylic acids is 1. The van der Waals surface area contributed by atoms with E-state index in [-0.39, 0.29) is 12.1 Å². The second-order valence-electron chi connectivity index (χ2n) is 4.50. The Balaban J connectivity index is 2.00. The number of rotatable bonds is 3. The summed E-state index contributed by atoms with van der Waals surface area (Å²) >= 11 is 0. The van der Waals surface area contributed by atoms with Gasteiger partial charge in [0.05, 0.1) is 5.56 Å². The van der Waals surface area contributed by atoms with Crippen LogP contribution in [-0.2, 0) is 12.7 Å². The second-order valence-corrected chi connectivity index (χ2v) is 4.50. The SMILES string of the molecule is Nc1cccc(CNC(=O)c2ccc(C(F)(F)F)cc2)c1. The van der Waals surface area contributed by atoms with Crippen LogP contribution in [0.5, 0.6) is 0 Å². The Bertz CT molecular complexity index is 636. The number of benzene rings is 2. The largest absolute Gasteiger partial charge is 0.416 e. The van der Waals surface area contributed by atoms with E-state index in [1.807, 2.05) is 0 Å². The molecule has 2 rings (SSSR count). The lowest BCUT2D eigenvalue weighted by Gasteiger charge is -2.08. The zero-order chi connectivity index (χ0) is 15.5. The number of nitrogens with two attached hydrogens (primary N) is 1. The number of nitrogens with one attached hydrogen (secondary N) is 1. The molecular formula is C15H13F3N2O. The van der Waals surface area contributed by atoms with E-state index < -0.39 is 17.6 Å². The topological polar surface area (TPSA) is 55.1 Å². The fraction of sp³-hybridized carbons (Fsp3) is 0.133. The van der Waals surface area contributed by atoms with Crippen molar-refractivity contribution in [2.45, 2.75) is 12.7 Å². The molecule has 0 unspecified atom stereocenters. The van der Waals surface area contributed by atoms with Crippen LogP contribution in [0.25, 0.3) is 0 Å². The molecular weight excluding hydrogens is 281 g/mol. The second kappa shape index (κ2) is 5.87. The van der Waals surface area contributed by atoms with E-state index in [1.54, 1.807) is 24.3 Å². The number of halogens is 3. The first-order valence-corrected chi connectivity index (χ1v) is 6.16. The highest BCUT2D eigenvalue weighted by Gasteiger charge is 2.30. The molecule has 2 aromatic carbocycles. The molecule has 0 fully saturated rings. The van der Waals surface area contributed by atoms with Crippen molar-refractivity contribution in [2.75, 3.05) is 5.73 Å². The van der Waals surface area contributed by atoms with Gasteiger partial charge in [0, 0.05) is 17.8 Å². The van der Waals surface area contributed by atoms with Gasteiger partial charge in [-0.05, 0) is 42.0 Å². The van der Waals surface area contributed by atoms with Crippen LogP contribution in [0.2, 0.25) is 0 Å². The van der Waals surface area contributed by atoms with Gasteiger partial charge in [0.1, 0.15) is 0 Å². The monoisotopic (exact) mass is 294 g/mol. The molecule has 0 saturated heterocycles. The van der Waals surface area contributed by atoms with Crippen LogP contribution in [0, 0.1) is 0 Å². The van der Waals surface area contributed by atoms with Crippen LogP contribution >= 0.6 is 0 Å². The standard InChI is InChI=1S/C15H13F3N2O/c16-15(17,18)12-6-4-11(5-7-12)14(21)20-9-10-2-1-3-13(19)8-10/h1-8H,9,19H2,(H,20,21). The van der Waals surface area contributed by atoms with Crippen molar-refractivity contribution in [3.8, 4) is 0 Å². The van der Waals surface area contributed by atoms with Crippen LogP contribution in [0.1, 0.15) is 21.5 Å². The van der Waals surface area contributed by atoms with Crippen molar-refractivity contribution in [2.24, 2.45) is 0 Å². The Morgan fingerprint density at radius 1 is 1.10 bits per heavy atom. The summed E-state index contributed by atoms with van der Waals surface area (Å²) in [5.74, 6) is -0.439. The molecule has 3 nitrogen and oxygen atoms in total. The first-order chi connectivity index (χ1) is 9.86. The minimum atomic E-state index is -4.41. The highest BCUT2D eigenvalue weighted by atomic mass is 19.4. The minimum Gasteiger partial charge on any atom is -0.399 e. The lowest BCUT2D eigenvalue weighted by atomic mass is 10.1. The van der Waals surface area contributed by atoms with Gasteiger partial charge < -0.3 is 11.1 Å². The van der Waals surface area contributed by atoms with E-state index in [4.69, 9.17) is 5.73 Å². The fourth-order valence-electron chi connectivity index (χ4n) is 1.80. The summed E-state index contributed by atoms with van der Waals surface area (Å²) < 4.78 is 37.2. The van der Waals surface area contributed by atoms with Gasteiger partial charge in [-0.2, -0.15) is 13.2 Å². The molecule has 2 aromatic rings. The van der Waals surface area contributed by atoms with Crippen molar-refractivity contribution in [1.29, 1.82) is 0 Å². The van der Waals surface area contributed by atoms with Gasteiger partial charge in [-0.1, -0.05) is 12.1 Å². The maximum Gasteiger partial charge on any atom is 0.416 e. The third kappa shape index (κ3) is 3.98. The molecule has 21 heavy (non-hydrogen) atoms. The number of hydrogen-bond acceptors (Lipinski definition) is 2. The van der Waals surface area contributed by atoms with E-state index in [2.05, 4.69) is 5.32 Å². The van der Waals surface area contributed by atoms with Crippen molar-refractivity contribution in [1.82, 2.24) is 5.32 Å². The number of hydrogen-bond donors (Lipinski definition) is 2. The van der Waals surface area contributed by atoms with Crippen molar-refractivity contribution in [3.63, 3.8) is 0 Å². The van der Waals surface area contributed by atoms with Gasteiger partial charge >= 0.3 is 6.18 Å². The van der Waals surface area contributed by atoms with Crippen molar-refractivity contribution >= 4 is 11.6 Å². The van der Waals surface area contributed by atoms with Crippen LogP contribution in [0.4, 0.5) is 18.9 Å². The van der Waals surface area contributed by atoms with Crippen LogP contribution in [0.3, 0.4) is 0 Å². The molecule has 1 amide bonds. The predicted octanol–water partition coefficient (Wildman–Crippen LogP) is 3.22. The summed E-state index contributed by atoms with van der Waals surface area (Å²) in [5, 5.41) is 2.62. The Kier molecular flexibility index (Phi) is 4.16. The van der Waals surface area contributed by atoms with E-state index in [0.717, 1.165) is 29.8 Å². The maximum atomic E-state index is 12.4. The van der Waals surface area contributed by atoms with Crippen LogP contribution in [0.15, 0.2) is 48.5 Å². The van der Waals surface area contributed by atoms with Gasteiger partial charge in [-0.3, -0.25) is 4.79 Å². The minimum absolute atomic E-state index is 0.173. The molecule has 6 heteroatoms. The van der Waals surface area contributed by atoms with Crippen molar-refractivity contribution < 1.29 is 18.0 Å². The van der Waals surface area contributed by atoms with Gasteiger partial charge in [-0.25, -0.2) is 0 Å². The molecule has 0 aromatic heterocycles. The molecule has 3 N–H and O–H groups in total. The lowest BCUT2D eigenvalue weighted by molar-refractivity contribution is -0.137. The molecule has 110 valence electrons. The number of carbonyl (C=O) groups is 1. The molecule has 0 aliphatic rings. The zero-order valence-corrected chi connectivity index (χ0v) is 10.9. The highest BCUT2D eigenvalue weighted by molar-refractivity contribution is 5.94. The quantitative estimate of drug-likeness (QED) is 0.854. The summed E-state index contributed by atoms with van der Waals surface area (Å²) in [6, 6.07) is 11.1. The van der Waals surface area contributed by atoms with Gasteiger partial charge in [0.2, 0.25) is 0 Å². The molecule has 0 aliphatic carbocycles. The van der Waals surface area contributed by atoms with E-state index >= 15 is 0 Å². The Labute approximate surface area is 119 Å². The predicted molar refractivity (Wildman–Crippen MR) is 73.5 cm³/mol. The Morgan fingerprint density at radius 3 is 2.33 bits per heavy atom. The summed E-state index contributed by atoms with van der Waals surface area (Å²) in [5.41, 5.74) is 6.40. The average molecular weight is 294 g/mol. The van der Waals surface area contributed by atoms with E-state index in [0.29, 0.717) is 5.69 Å². The smallest absolute Gasteiger partial charge is 0.399 e. The van der Waals surface area contributed by atoms with Crippen LogP contribution in [-0.4, -0.2) is 5.91 Å². The highest BCUT2D eigenvalue weighted by Crippen LogP contribution is 2.29. The first kappa shape index (κ1) is 14.9. The number of anilines is 1. The van der Waals surface area contributed by atoms with Gasteiger partial charge in [0.15, 0.2) is 0 Å². The van der Waals surface area contributed by atoms with Crippen LogP contribution < -0.4 is 11.1 Å². The summed E-state index contributed by atoms with van der Waals surface area (Å²) in [6.07, 6.45) is -4.41. The van der Waals surface area contributed by atoms with Gasteiger partial charge in [0.25, 0.3) is 5.91 Å². The molecule has 0 spiro atoms. The summed E-state index contributed by atoms with van der Waals surface area (Å²) in [6.45, 7) is 0.255. The maximum absolute atomic E-state index is 12.4. The Hall–Kier alpha value is -2.50. The molecule has 0 aliphatic heterocycles. The molecule has 0 bridgehead atoms.